The second-order valence-corrected chi connectivity index (χ2v) is 3.41. The van der Waals surface area contributed by atoms with Crippen molar-refractivity contribution < 1.29 is 64.3 Å². The number of rotatable bonds is 2. The third kappa shape index (κ3) is 4.88. The van der Waals surface area contributed by atoms with E-state index in [2.05, 4.69) is 0 Å². The molecule has 0 radical (unpaired) electrons. The maximum atomic E-state index is 12.0. The summed E-state index contributed by atoms with van der Waals surface area (Å²) in [6, 6.07) is 4.23. The predicted molar refractivity (Wildman–Crippen MR) is 49.2 cm³/mol. The van der Waals surface area contributed by atoms with E-state index in [4.69, 9.17) is 23.2 Å². The molecule has 1 aromatic rings. The van der Waals surface area contributed by atoms with E-state index in [1.807, 2.05) is 0 Å². The van der Waals surface area contributed by atoms with Gasteiger partial charge in [0.2, 0.25) is 0 Å². The second-order valence-electron chi connectivity index (χ2n) is 2.63. The van der Waals surface area contributed by atoms with E-state index in [1.165, 1.54) is 18.2 Å². The summed E-state index contributed by atoms with van der Waals surface area (Å²) in [7, 11) is 0. The summed E-state index contributed by atoms with van der Waals surface area (Å²) in [6.45, 7) is -4.86. The van der Waals surface area contributed by atoms with Gasteiger partial charge in [-0.2, -0.15) is 0 Å². The van der Waals surface area contributed by atoms with Crippen molar-refractivity contribution in [2.24, 2.45) is 0 Å². The Morgan fingerprint density at radius 1 is 1.14 bits per heavy atom. The summed E-state index contributed by atoms with van der Waals surface area (Å²) in [5.41, 5.74) is 0.0293. The van der Waals surface area contributed by atoms with Crippen LogP contribution in [0.5, 0.6) is 0 Å². The van der Waals surface area contributed by atoms with Crippen LogP contribution < -0.4 is 51.4 Å². The number of hydrogen-bond donors (Lipinski definition) is 0. The van der Waals surface area contributed by atoms with E-state index in [0.29, 0.717) is 0 Å². The van der Waals surface area contributed by atoms with E-state index >= 15 is 0 Å². The molecule has 0 nitrogen and oxygen atoms in total. The maximum Gasteiger partial charge on any atom is 1.00 e. The Morgan fingerprint density at radius 3 is 2.21 bits per heavy atom. The van der Waals surface area contributed by atoms with E-state index in [9.17, 15) is 12.9 Å². The van der Waals surface area contributed by atoms with Crippen LogP contribution in [0.3, 0.4) is 0 Å². The fourth-order valence-corrected chi connectivity index (χ4v) is 1.35. The molecule has 0 amide bonds. The van der Waals surface area contributed by atoms with Crippen LogP contribution in [0.2, 0.25) is 10.0 Å². The van der Waals surface area contributed by atoms with Gasteiger partial charge < -0.3 is 12.9 Å². The molecule has 0 aliphatic heterocycles. The Morgan fingerprint density at radius 2 is 1.71 bits per heavy atom. The van der Waals surface area contributed by atoms with Gasteiger partial charge in [0.1, 0.15) is 0 Å². The van der Waals surface area contributed by atoms with Crippen molar-refractivity contribution in [1.29, 1.82) is 0 Å². The molecule has 0 spiro atoms. The molecule has 0 fully saturated rings. The van der Waals surface area contributed by atoms with Crippen molar-refractivity contribution in [2.45, 2.75) is 6.32 Å². The largest absolute Gasteiger partial charge is 1.00 e. The molecule has 0 saturated heterocycles. The Labute approximate surface area is 133 Å². The van der Waals surface area contributed by atoms with Crippen LogP contribution in [-0.4, -0.2) is 6.98 Å². The first-order chi connectivity index (χ1) is 5.90. The van der Waals surface area contributed by atoms with Gasteiger partial charge in [-0.1, -0.05) is 47.2 Å². The molecule has 0 aliphatic rings. The third-order valence-corrected chi connectivity index (χ3v) is 2.34. The van der Waals surface area contributed by atoms with Gasteiger partial charge in [0, 0.05) is 0 Å². The summed E-state index contributed by atoms with van der Waals surface area (Å²) in [4.78, 5) is 0. The first-order valence-electron chi connectivity index (χ1n) is 3.54. The predicted octanol–water partition coefficient (Wildman–Crippen LogP) is 0.927. The van der Waals surface area contributed by atoms with Crippen molar-refractivity contribution in [3.63, 3.8) is 0 Å². The van der Waals surface area contributed by atoms with Crippen LogP contribution in [0.25, 0.3) is 0 Å². The van der Waals surface area contributed by atoms with Crippen LogP contribution >= 0.6 is 23.2 Å². The zero-order chi connectivity index (χ0) is 10.1. The molecule has 0 saturated carbocycles. The summed E-state index contributed by atoms with van der Waals surface area (Å²) in [5.74, 6) is 0. The minimum Gasteiger partial charge on any atom is -0.449 e. The van der Waals surface area contributed by atoms with Gasteiger partial charge in [-0.3, -0.25) is 0 Å². The Bertz CT molecular complexity index is 316. The van der Waals surface area contributed by atoms with Crippen LogP contribution in [0.15, 0.2) is 18.2 Å². The molecule has 0 bridgehead atoms. The van der Waals surface area contributed by atoms with Gasteiger partial charge in [-0.25, -0.2) is 0 Å². The minimum absolute atomic E-state index is 0. The van der Waals surface area contributed by atoms with E-state index in [0.717, 1.165) is 0 Å². The maximum absolute atomic E-state index is 12.0. The molecule has 0 aromatic heterocycles. The summed E-state index contributed by atoms with van der Waals surface area (Å²) in [5, 5.41) is 0.141. The van der Waals surface area contributed by atoms with Gasteiger partial charge in [0.15, 0.2) is 0 Å². The Kier molecular flexibility index (Phi) is 6.70. The van der Waals surface area contributed by atoms with Crippen molar-refractivity contribution in [3.8, 4) is 0 Å². The van der Waals surface area contributed by atoms with Crippen LogP contribution in [0, 0.1) is 0 Å². The molecule has 7 heteroatoms. The summed E-state index contributed by atoms with van der Waals surface area (Å²) < 4.78 is 36.0. The molecule has 0 unspecified atom stereocenters. The molecular weight excluding hydrogens is 262 g/mol. The zero-order valence-electron chi connectivity index (χ0n) is 7.41. The van der Waals surface area contributed by atoms with E-state index in [-0.39, 0.29) is 67.0 Å². The molecular formula is C7H5BCl2F3K. The van der Waals surface area contributed by atoms with Crippen LogP contribution in [-0.2, 0) is 6.32 Å². The molecule has 0 atom stereocenters. The normalized spacial score (nSPS) is 10.9. The van der Waals surface area contributed by atoms with E-state index in [1.54, 1.807) is 0 Å². The fourth-order valence-electron chi connectivity index (χ4n) is 0.955. The Hall–Kier alpha value is 1.29. The second kappa shape index (κ2) is 6.13. The minimum atomic E-state index is -4.86. The van der Waals surface area contributed by atoms with Gasteiger partial charge in [-0.05, 0) is 6.07 Å². The molecule has 1 rings (SSSR count). The number of halogens is 5. The third-order valence-electron chi connectivity index (χ3n) is 1.48. The summed E-state index contributed by atoms with van der Waals surface area (Å²) >= 11 is 11.1. The zero-order valence-corrected chi connectivity index (χ0v) is 12.0. The molecule has 14 heavy (non-hydrogen) atoms. The van der Waals surface area contributed by atoms with Gasteiger partial charge in [0.05, 0.1) is 10.0 Å². The topological polar surface area (TPSA) is 0 Å². The number of benzene rings is 1. The molecule has 0 N–H and O–H groups in total. The first-order valence-corrected chi connectivity index (χ1v) is 4.29. The smallest absolute Gasteiger partial charge is 0.449 e. The van der Waals surface area contributed by atoms with Gasteiger partial charge in [0.25, 0.3) is 0 Å². The molecule has 72 valence electrons. The van der Waals surface area contributed by atoms with Crippen molar-refractivity contribution in [3.05, 3.63) is 33.8 Å². The van der Waals surface area contributed by atoms with Crippen molar-refractivity contribution in [1.82, 2.24) is 0 Å². The standard InChI is InChI=1S/C7H5BCl2F3.K/c9-6-3-1-2-5(7(6)10)4-8(11,12)13;/h1-3H,4H2;/q-1;+1. The van der Waals surface area contributed by atoms with Crippen molar-refractivity contribution >= 4 is 30.2 Å². The first kappa shape index (κ1) is 15.3. The van der Waals surface area contributed by atoms with E-state index < -0.39 is 13.3 Å². The Balaban J connectivity index is 0.00000169. The van der Waals surface area contributed by atoms with Gasteiger partial charge >= 0.3 is 58.4 Å². The van der Waals surface area contributed by atoms with Gasteiger partial charge in [-0.15, -0.1) is 0 Å². The van der Waals surface area contributed by atoms with Crippen molar-refractivity contribution in [2.75, 3.05) is 0 Å². The average molecular weight is 267 g/mol. The summed E-state index contributed by atoms with van der Waals surface area (Å²) in [6.07, 6.45) is -0.987. The van der Waals surface area contributed by atoms with Crippen LogP contribution in [0.1, 0.15) is 5.56 Å². The molecule has 0 aliphatic carbocycles. The van der Waals surface area contributed by atoms with Crippen LogP contribution in [0.4, 0.5) is 12.9 Å². The molecule has 0 heterocycles. The molecule has 1 aromatic carbocycles. The quantitative estimate of drug-likeness (QED) is 0.699. The number of hydrogen-bond acceptors (Lipinski definition) is 0. The average Bonchev–Trinajstić information content (AvgIpc) is 1.96. The fraction of sp³-hybridized carbons (Fsp3) is 0.143. The monoisotopic (exact) mass is 266 g/mol. The SMILES string of the molecule is F[B-](F)(F)Cc1cccc(Cl)c1Cl.[K+].